The van der Waals surface area contributed by atoms with E-state index in [9.17, 15) is 9.18 Å². The largest absolute Gasteiger partial charge is 0.387 e. The summed E-state index contributed by atoms with van der Waals surface area (Å²) in [5.74, 6) is -0.268. The highest BCUT2D eigenvalue weighted by Gasteiger charge is 2.34. The second-order valence-electron chi connectivity index (χ2n) is 9.65. The molecule has 3 heterocycles. The third kappa shape index (κ3) is 5.32. The van der Waals surface area contributed by atoms with Crippen molar-refractivity contribution in [2.45, 2.75) is 50.4 Å². The second-order valence-corrected chi connectivity index (χ2v) is 9.65. The summed E-state index contributed by atoms with van der Waals surface area (Å²) < 4.78 is 20.0. The highest BCUT2D eigenvalue weighted by atomic mass is 19.1. The van der Waals surface area contributed by atoms with E-state index < -0.39 is 0 Å². The maximum Gasteiger partial charge on any atom is 0.254 e. The summed E-state index contributed by atoms with van der Waals surface area (Å²) in [5, 5.41) is 8.86. The first kappa shape index (κ1) is 23.7. The number of aliphatic imine (C=N–C) groups is 1. The van der Waals surface area contributed by atoms with Crippen molar-refractivity contribution in [2.24, 2.45) is 10.7 Å². The summed E-state index contributed by atoms with van der Waals surface area (Å²) in [7, 11) is 0. The topological polar surface area (TPSA) is 103 Å². The summed E-state index contributed by atoms with van der Waals surface area (Å²) in [5.41, 5.74) is 10.6. The lowest BCUT2D eigenvalue weighted by atomic mass is 9.91. The summed E-state index contributed by atoms with van der Waals surface area (Å²) in [6, 6.07) is 13.3. The van der Waals surface area contributed by atoms with Crippen molar-refractivity contribution >= 4 is 23.1 Å². The lowest BCUT2D eigenvalue weighted by Crippen LogP contribution is -2.61. The van der Waals surface area contributed by atoms with E-state index in [0.717, 1.165) is 51.0 Å². The number of ether oxygens (including phenoxy) is 1. The van der Waals surface area contributed by atoms with Crippen molar-refractivity contribution in [3.8, 4) is 0 Å². The SMILES string of the molecule is NC1=NC(=O)C(c2ccc(N3CC(N4CCC(OCc5ccc(NO)cc5F)CC4)C3)cc2)CC1. The number of halogens is 1. The Bertz CT molecular complexity index is 1080. The zero-order valence-corrected chi connectivity index (χ0v) is 19.7. The lowest BCUT2D eigenvalue weighted by Gasteiger charge is -2.48. The van der Waals surface area contributed by atoms with Gasteiger partial charge in [0.2, 0.25) is 0 Å². The van der Waals surface area contributed by atoms with Crippen LogP contribution >= 0.6 is 0 Å². The van der Waals surface area contributed by atoms with Crippen LogP contribution < -0.4 is 16.1 Å². The van der Waals surface area contributed by atoms with E-state index in [4.69, 9.17) is 15.7 Å². The first-order valence-corrected chi connectivity index (χ1v) is 12.3. The summed E-state index contributed by atoms with van der Waals surface area (Å²) >= 11 is 0. The first-order valence-electron chi connectivity index (χ1n) is 12.3. The van der Waals surface area contributed by atoms with E-state index in [2.05, 4.69) is 26.9 Å². The summed E-state index contributed by atoms with van der Waals surface area (Å²) in [6.07, 6.45) is 3.39. The van der Waals surface area contributed by atoms with Crippen LogP contribution in [0.3, 0.4) is 0 Å². The molecule has 0 spiro atoms. The van der Waals surface area contributed by atoms with Crippen LogP contribution in [0.25, 0.3) is 0 Å². The molecule has 0 saturated carbocycles. The average molecular weight is 482 g/mol. The van der Waals surface area contributed by atoms with Gasteiger partial charge in [-0.25, -0.2) is 9.38 Å². The third-order valence-corrected chi connectivity index (χ3v) is 7.41. The lowest BCUT2D eigenvalue weighted by molar-refractivity contribution is -0.119. The second kappa shape index (κ2) is 10.3. The van der Waals surface area contributed by atoms with E-state index in [1.54, 1.807) is 12.1 Å². The summed E-state index contributed by atoms with van der Waals surface area (Å²) in [6.45, 7) is 4.17. The van der Waals surface area contributed by atoms with Gasteiger partial charge < -0.3 is 15.4 Å². The quantitative estimate of drug-likeness (QED) is 0.522. The van der Waals surface area contributed by atoms with Gasteiger partial charge in [-0.2, -0.15) is 0 Å². The van der Waals surface area contributed by atoms with E-state index in [-0.39, 0.29) is 30.4 Å². The van der Waals surface area contributed by atoms with E-state index in [0.29, 0.717) is 29.5 Å². The molecule has 35 heavy (non-hydrogen) atoms. The van der Waals surface area contributed by atoms with Crippen LogP contribution in [-0.2, 0) is 16.1 Å². The standard InChI is InChI=1S/C26H32FN5O3/c27-24-13-19(30-34)4-1-18(24)16-35-22-9-11-31(12-10-22)21-14-32(15-21)20-5-2-17(3-6-20)23-7-8-25(28)29-26(23)33/h1-6,13,21-23,30,34H,7-12,14-16H2,(H2,28,29,33). The van der Waals surface area contributed by atoms with Crippen LogP contribution in [0.5, 0.6) is 0 Å². The molecule has 0 aromatic heterocycles. The molecule has 186 valence electrons. The van der Waals surface area contributed by atoms with Crippen molar-refractivity contribution in [1.82, 2.24) is 4.90 Å². The van der Waals surface area contributed by atoms with Gasteiger partial charge >= 0.3 is 0 Å². The fraction of sp³-hybridized carbons (Fsp3) is 0.462. The molecule has 0 aliphatic carbocycles. The van der Waals surface area contributed by atoms with Crippen molar-refractivity contribution in [3.63, 3.8) is 0 Å². The van der Waals surface area contributed by atoms with Gasteiger partial charge in [0, 0.05) is 49.9 Å². The predicted molar refractivity (Wildman–Crippen MR) is 132 cm³/mol. The van der Waals surface area contributed by atoms with Gasteiger partial charge in [-0.05, 0) is 49.1 Å². The Balaban J connectivity index is 1.05. The molecule has 1 atom stereocenters. The van der Waals surface area contributed by atoms with E-state index in [1.165, 1.54) is 11.8 Å². The molecule has 2 aromatic rings. The monoisotopic (exact) mass is 481 g/mol. The number of benzene rings is 2. The van der Waals surface area contributed by atoms with E-state index in [1.807, 2.05) is 17.6 Å². The zero-order chi connectivity index (χ0) is 24.4. The Morgan fingerprint density at radius 3 is 2.51 bits per heavy atom. The number of carbonyl (C=O) groups excluding carboxylic acids is 1. The fourth-order valence-electron chi connectivity index (χ4n) is 5.16. The third-order valence-electron chi connectivity index (χ3n) is 7.41. The number of rotatable bonds is 7. The molecule has 3 aliphatic heterocycles. The fourth-order valence-corrected chi connectivity index (χ4v) is 5.16. The van der Waals surface area contributed by atoms with Crippen LogP contribution in [0.1, 0.15) is 42.7 Å². The average Bonchev–Trinajstić information content (AvgIpc) is 2.84. The number of nitrogens with zero attached hydrogens (tertiary/aromatic N) is 3. The molecular weight excluding hydrogens is 449 g/mol. The van der Waals surface area contributed by atoms with Crippen LogP contribution in [0.4, 0.5) is 15.8 Å². The highest BCUT2D eigenvalue weighted by Crippen LogP contribution is 2.31. The minimum absolute atomic E-state index is 0.132. The van der Waals surface area contributed by atoms with Crippen LogP contribution in [0, 0.1) is 5.82 Å². The minimum atomic E-state index is -0.382. The van der Waals surface area contributed by atoms with Crippen LogP contribution in [-0.4, -0.2) is 60.2 Å². The van der Waals surface area contributed by atoms with Gasteiger partial charge in [0.1, 0.15) is 11.7 Å². The number of nitrogens with two attached hydrogens (primary N) is 1. The molecule has 8 nitrogen and oxygen atoms in total. The number of amides is 1. The molecule has 2 aromatic carbocycles. The molecule has 9 heteroatoms. The molecule has 0 bridgehead atoms. The zero-order valence-electron chi connectivity index (χ0n) is 19.7. The number of hydrogen-bond donors (Lipinski definition) is 3. The number of likely N-dealkylation sites (tertiary alicyclic amines) is 1. The van der Waals surface area contributed by atoms with Crippen molar-refractivity contribution in [2.75, 3.05) is 36.6 Å². The first-order chi connectivity index (χ1) is 17.0. The number of nitrogens with one attached hydrogen (secondary N) is 1. The molecule has 4 N–H and O–H groups in total. The molecule has 5 rings (SSSR count). The number of piperidine rings is 1. The predicted octanol–water partition coefficient (Wildman–Crippen LogP) is 3.26. The molecular formula is C26H32FN5O3. The van der Waals surface area contributed by atoms with Gasteiger partial charge in [-0.15, -0.1) is 0 Å². The molecule has 2 fully saturated rings. The number of hydrogen-bond acceptors (Lipinski definition) is 7. The van der Waals surface area contributed by atoms with Gasteiger partial charge in [0.25, 0.3) is 5.91 Å². The van der Waals surface area contributed by atoms with Gasteiger partial charge in [-0.3, -0.25) is 20.4 Å². The maximum atomic E-state index is 14.1. The Morgan fingerprint density at radius 2 is 1.86 bits per heavy atom. The van der Waals surface area contributed by atoms with E-state index >= 15 is 0 Å². The van der Waals surface area contributed by atoms with Crippen molar-refractivity contribution in [1.29, 1.82) is 0 Å². The van der Waals surface area contributed by atoms with Crippen LogP contribution in [0.2, 0.25) is 0 Å². The number of amidine groups is 1. The molecule has 2 saturated heterocycles. The van der Waals surface area contributed by atoms with Gasteiger partial charge in [0.05, 0.1) is 24.3 Å². The highest BCUT2D eigenvalue weighted by molar-refractivity contribution is 5.99. The number of anilines is 2. The van der Waals surface area contributed by atoms with Crippen molar-refractivity contribution in [3.05, 3.63) is 59.4 Å². The minimum Gasteiger partial charge on any atom is -0.387 e. The van der Waals surface area contributed by atoms with Gasteiger partial charge in [0.15, 0.2) is 0 Å². The molecule has 1 amide bonds. The molecule has 0 radical (unpaired) electrons. The Hall–Kier alpha value is -3.01. The van der Waals surface area contributed by atoms with Crippen LogP contribution in [0.15, 0.2) is 47.5 Å². The van der Waals surface area contributed by atoms with Gasteiger partial charge in [-0.1, -0.05) is 18.2 Å². The number of carbonyl (C=O) groups is 1. The van der Waals surface area contributed by atoms with Crippen molar-refractivity contribution < 1.29 is 19.1 Å². The summed E-state index contributed by atoms with van der Waals surface area (Å²) in [4.78, 5) is 21.0. The normalized spacial score (nSPS) is 22.1. The molecule has 3 aliphatic rings. The maximum absolute atomic E-state index is 14.1. The Kier molecular flexibility index (Phi) is 6.99. The smallest absolute Gasteiger partial charge is 0.254 e. The Labute approximate surface area is 204 Å². The Morgan fingerprint density at radius 1 is 1.11 bits per heavy atom. The molecule has 1 unspecified atom stereocenters.